The fourth-order valence-electron chi connectivity index (χ4n) is 3.30. The molecule has 0 fully saturated rings. The first-order valence-corrected chi connectivity index (χ1v) is 8.84. The fraction of sp³-hybridized carbons (Fsp3) is 0.0455. The van der Waals surface area contributed by atoms with Crippen LogP contribution in [0.1, 0.15) is 0 Å². The molecule has 0 aliphatic carbocycles. The van der Waals surface area contributed by atoms with Crippen LogP contribution in [0.4, 0.5) is 13.2 Å². The monoisotopic (exact) mass is 409 g/mol. The molecule has 3 aromatic carbocycles. The lowest BCUT2D eigenvalue weighted by atomic mass is 10.1. The zero-order chi connectivity index (χ0) is 21.3. The molecular formula is C22H14F3N3O2. The molecule has 5 aromatic rings. The van der Waals surface area contributed by atoms with E-state index in [4.69, 9.17) is 9.90 Å². The Morgan fingerprint density at radius 2 is 1.63 bits per heavy atom. The predicted octanol–water partition coefficient (Wildman–Crippen LogP) is 5.36. The number of hydrogen-bond acceptors (Lipinski definition) is 3. The Hall–Kier alpha value is -3.94. The van der Waals surface area contributed by atoms with Gasteiger partial charge in [-0.2, -0.15) is 13.2 Å². The van der Waals surface area contributed by atoms with Gasteiger partial charge in [-0.3, -0.25) is 0 Å². The summed E-state index contributed by atoms with van der Waals surface area (Å²) >= 11 is 0. The number of rotatable bonds is 1. The van der Waals surface area contributed by atoms with Gasteiger partial charge in [-0.25, -0.2) is 14.8 Å². The number of carboxylic acid groups (broad SMARTS) is 1. The molecule has 0 aliphatic heterocycles. The van der Waals surface area contributed by atoms with Gasteiger partial charge in [0.2, 0.25) is 0 Å². The van der Waals surface area contributed by atoms with Gasteiger partial charge in [-0.05, 0) is 29.7 Å². The molecule has 2 aromatic heterocycles. The van der Waals surface area contributed by atoms with Crippen molar-refractivity contribution < 1.29 is 23.1 Å². The van der Waals surface area contributed by atoms with Crippen LogP contribution < -0.4 is 0 Å². The number of aliphatic carboxylic acids is 1. The Balaban J connectivity index is 0.000000272. The molecule has 5 rings (SSSR count). The van der Waals surface area contributed by atoms with Crippen molar-refractivity contribution in [3.63, 3.8) is 0 Å². The fourth-order valence-corrected chi connectivity index (χ4v) is 3.30. The molecule has 2 heterocycles. The molecule has 0 unspecified atom stereocenters. The Morgan fingerprint density at radius 3 is 2.40 bits per heavy atom. The third kappa shape index (κ3) is 3.55. The number of fused-ring (bicyclic) bond motifs is 4. The molecule has 0 aliphatic rings. The normalized spacial score (nSPS) is 11.4. The topological polar surface area (TPSA) is 68.0 Å². The maximum atomic E-state index is 10.6. The molecule has 0 saturated carbocycles. The largest absolute Gasteiger partial charge is 0.490 e. The second-order valence-electron chi connectivity index (χ2n) is 6.45. The second kappa shape index (κ2) is 7.47. The van der Waals surface area contributed by atoms with Crippen LogP contribution in [0.25, 0.3) is 38.3 Å². The molecule has 0 amide bonds. The Bertz CT molecular complexity index is 1370. The van der Waals surface area contributed by atoms with E-state index >= 15 is 0 Å². The number of halogens is 3. The zero-order valence-electron chi connectivity index (χ0n) is 15.3. The van der Waals surface area contributed by atoms with E-state index in [-0.39, 0.29) is 0 Å². The van der Waals surface area contributed by atoms with Crippen LogP contribution >= 0.6 is 0 Å². The van der Waals surface area contributed by atoms with Crippen molar-refractivity contribution in [2.75, 3.05) is 0 Å². The Labute approximate surface area is 168 Å². The third-order valence-electron chi connectivity index (χ3n) is 4.61. The third-order valence-corrected chi connectivity index (χ3v) is 4.61. The first-order chi connectivity index (χ1) is 14.4. The minimum Gasteiger partial charge on any atom is -0.475 e. The molecular weight excluding hydrogens is 395 g/mol. The van der Waals surface area contributed by atoms with Crippen molar-refractivity contribution in [2.45, 2.75) is 6.18 Å². The van der Waals surface area contributed by atoms with Crippen LogP contribution in [0.3, 0.4) is 0 Å². The summed E-state index contributed by atoms with van der Waals surface area (Å²) in [6.45, 7) is 0. The number of carbonyl (C=O) groups is 1. The van der Waals surface area contributed by atoms with E-state index in [1.54, 1.807) is 6.33 Å². The smallest absolute Gasteiger partial charge is 0.475 e. The molecule has 0 atom stereocenters. The average molecular weight is 409 g/mol. The van der Waals surface area contributed by atoms with E-state index in [0.717, 1.165) is 21.8 Å². The molecule has 0 bridgehead atoms. The summed E-state index contributed by atoms with van der Waals surface area (Å²) in [4.78, 5) is 17.5. The van der Waals surface area contributed by atoms with E-state index in [1.165, 1.54) is 16.5 Å². The van der Waals surface area contributed by atoms with Crippen molar-refractivity contribution in [1.29, 1.82) is 0 Å². The summed E-state index contributed by atoms with van der Waals surface area (Å²) in [6.07, 6.45) is 0.502. The van der Waals surface area contributed by atoms with Crippen LogP contribution in [0.2, 0.25) is 0 Å². The lowest BCUT2D eigenvalue weighted by Gasteiger charge is -2.10. The van der Waals surface area contributed by atoms with Crippen LogP contribution in [0, 0.1) is 0 Å². The summed E-state index contributed by atoms with van der Waals surface area (Å²) in [6, 6.07) is 21.2. The summed E-state index contributed by atoms with van der Waals surface area (Å²) in [5.41, 5.74) is 3.34. The van der Waals surface area contributed by atoms with Gasteiger partial charge in [0.05, 0.1) is 16.7 Å². The van der Waals surface area contributed by atoms with Crippen LogP contribution in [-0.4, -0.2) is 31.8 Å². The SMILES string of the molecule is O=C(O)C(F)(F)F.c1ccc2c(-n3ccc4c5ncncc5ccc43)cccc2c1. The van der Waals surface area contributed by atoms with E-state index in [1.807, 2.05) is 6.20 Å². The van der Waals surface area contributed by atoms with Crippen molar-refractivity contribution in [3.8, 4) is 5.69 Å². The lowest BCUT2D eigenvalue weighted by molar-refractivity contribution is -0.192. The quantitative estimate of drug-likeness (QED) is 0.405. The maximum Gasteiger partial charge on any atom is 0.490 e. The second-order valence-corrected chi connectivity index (χ2v) is 6.45. The van der Waals surface area contributed by atoms with Gasteiger partial charge in [0.15, 0.2) is 0 Å². The van der Waals surface area contributed by atoms with Crippen molar-refractivity contribution >= 4 is 38.5 Å². The predicted molar refractivity (Wildman–Crippen MR) is 108 cm³/mol. The number of aromatic nitrogens is 3. The van der Waals surface area contributed by atoms with Gasteiger partial charge in [0.25, 0.3) is 0 Å². The first-order valence-electron chi connectivity index (χ1n) is 8.84. The number of benzene rings is 3. The van der Waals surface area contributed by atoms with Crippen LogP contribution in [-0.2, 0) is 4.79 Å². The van der Waals surface area contributed by atoms with E-state index in [0.29, 0.717) is 0 Å². The zero-order valence-corrected chi connectivity index (χ0v) is 15.3. The van der Waals surface area contributed by atoms with Crippen LogP contribution in [0.5, 0.6) is 0 Å². The highest BCUT2D eigenvalue weighted by Crippen LogP contribution is 2.29. The lowest BCUT2D eigenvalue weighted by Crippen LogP contribution is -2.21. The number of hydrogen-bond donors (Lipinski definition) is 1. The molecule has 0 spiro atoms. The highest BCUT2D eigenvalue weighted by molar-refractivity contribution is 6.05. The number of carboxylic acids is 1. The highest BCUT2D eigenvalue weighted by Gasteiger charge is 2.38. The van der Waals surface area contributed by atoms with Gasteiger partial charge in [0.1, 0.15) is 6.33 Å². The Kier molecular flexibility index (Phi) is 4.83. The number of alkyl halides is 3. The van der Waals surface area contributed by atoms with E-state index in [9.17, 15) is 13.2 Å². The van der Waals surface area contributed by atoms with Gasteiger partial charge in [-0.15, -0.1) is 0 Å². The molecule has 5 nitrogen and oxygen atoms in total. The molecule has 150 valence electrons. The summed E-state index contributed by atoms with van der Waals surface area (Å²) in [7, 11) is 0. The average Bonchev–Trinajstić information content (AvgIpc) is 3.17. The summed E-state index contributed by atoms with van der Waals surface area (Å²) < 4.78 is 34.0. The van der Waals surface area contributed by atoms with Gasteiger partial charge in [-0.1, -0.05) is 36.4 Å². The minimum absolute atomic E-state index is 0.997. The molecule has 1 N–H and O–H groups in total. The molecule has 8 heteroatoms. The summed E-state index contributed by atoms with van der Waals surface area (Å²) in [5, 5.41) is 11.8. The molecule has 30 heavy (non-hydrogen) atoms. The highest BCUT2D eigenvalue weighted by atomic mass is 19.4. The Morgan fingerprint density at radius 1 is 0.900 bits per heavy atom. The van der Waals surface area contributed by atoms with Crippen molar-refractivity contribution in [2.24, 2.45) is 0 Å². The first kappa shape index (κ1) is 19.4. The van der Waals surface area contributed by atoms with Crippen molar-refractivity contribution in [3.05, 3.63) is 79.4 Å². The van der Waals surface area contributed by atoms with E-state index in [2.05, 4.69) is 81.4 Å². The summed E-state index contributed by atoms with van der Waals surface area (Å²) in [5.74, 6) is -2.76. The van der Waals surface area contributed by atoms with Crippen LogP contribution in [0.15, 0.2) is 79.4 Å². The van der Waals surface area contributed by atoms with Crippen molar-refractivity contribution in [1.82, 2.24) is 14.5 Å². The van der Waals surface area contributed by atoms with Gasteiger partial charge < -0.3 is 9.67 Å². The standard InChI is InChI=1S/C20H13N3.C2HF3O2/c1-2-6-16-14(4-1)5-3-7-18(16)23-11-10-17-19(23)9-8-15-12-21-13-22-20(15)17;3-2(4,5)1(6)7/h1-13H;(H,6,7). The van der Waals surface area contributed by atoms with E-state index < -0.39 is 12.1 Å². The maximum absolute atomic E-state index is 10.6. The molecule has 0 radical (unpaired) electrons. The number of nitrogens with zero attached hydrogens (tertiary/aromatic N) is 3. The van der Waals surface area contributed by atoms with Gasteiger partial charge in [0, 0.05) is 28.6 Å². The molecule has 0 saturated heterocycles. The minimum atomic E-state index is -5.08. The van der Waals surface area contributed by atoms with Gasteiger partial charge >= 0.3 is 12.1 Å².